The van der Waals surface area contributed by atoms with Gasteiger partial charge in [-0.25, -0.2) is 0 Å². The summed E-state index contributed by atoms with van der Waals surface area (Å²) in [5, 5.41) is 0. The zero-order valence-corrected chi connectivity index (χ0v) is 15.4. The largest absolute Gasteiger partial charge is 0.377 e. The summed E-state index contributed by atoms with van der Waals surface area (Å²) in [6.45, 7) is 4.59. The SMILES string of the molecule is CN(C)C(=O)COC[C@@]12CCCO[C@H]1CCN(Cc1ccccc1)C2. The van der Waals surface area contributed by atoms with E-state index in [0.717, 1.165) is 45.5 Å². The van der Waals surface area contributed by atoms with Gasteiger partial charge < -0.3 is 14.4 Å². The van der Waals surface area contributed by atoms with Crippen molar-refractivity contribution in [1.29, 1.82) is 0 Å². The number of nitrogens with zero attached hydrogens (tertiary/aromatic N) is 2. The summed E-state index contributed by atoms with van der Waals surface area (Å²) in [5.41, 5.74) is 1.36. The number of fused-ring (bicyclic) bond motifs is 1. The summed E-state index contributed by atoms with van der Waals surface area (Å²) >= 11 is 0. The van der Waals surface area contributed by atoms with Gasteiger partial charge in [0, 0.05) is 45.8 Å². The van der Waals surface area contributed by atoms with Crippen molar-refractivity contribution in [3.63, 3.8) is 0 Å². The number of likely N-dealkylation sites (N-methyl/N-ethyl adjacent to an activating group) is 1. The Kier molecular flexibility index (Phi) is 6.10. The summed E-state index contributed by atoms with van der Waals surface area (Å²) < 4.78 is 11.9. The zero-order chi connectivity index (χ0) is 17.7. The first-order valence-corrected chi connectivity index (χ1v) is 9.25. The molecule has 0 aromatic heterocycles. The van der Waals surface area contributed by atoms with Gasteiger partial charge in [0.2, 0.25) is 5.91 Å². The third kappa shape index (κ3) is 4.60. The number of likely N-dealkylation sites (tertiary alicyclic amines) is 1. The molecule has 1 aromatic rings. The first-order chi connectivity index (χ1) is 12.1. The molecule has 1 aromatic carbocycles. The summed E-state index contributed by atoms with van der Waals surface area (Å²) in [5.74, 6) is 0.0154. The summed E-state index contributed by atoms with van der Waals surface area (Å²) in [6.07, 6.45) is 3.47. The third-order valence-electron chi connectivity index (χ3n) is 5.43. The van der Waals surface area contributed by atoms with E-state index in [1.807, 2.05) is 0 Å². The standard InChI is InChI=1S/C20H30N2O3/c1-21(2)19(23)14-24-16-20-10-6-12-25-18(20)9-11-22(15-20)13-17-7-4-3-5-8-17/h3-5,7-8,18H,6,9-16H2,1-2H3/t18-,20-/m0/s1. The lowest BCUT2D eigenvalue weighted by molar-refractivity contribution is -0.160. The fourth-order valence-electron chi connectivity index (χ4n) is 4.04. The highest BCUT2D eigenvalue weighted by Gasteiger charge is 2.46. The molecule has 0 aliphatic carbocycles. The number of hydrogen-bond acceptors (Lipinski definition) is 4. The number of carbonyl (C=O) groups is 1. The molecule has 2 heterocycles. The maximum Gasteiger partial charge on any atom is 0.248 e. The molecule has 0 unspecified atom stereocenters. The van der Waals surface area contributed by atoms with Crippen LogP contribution in [0.4, 0.5) is 0 Å². The van der Waals surface area contributed by atoms with Crippen LogP contribution >= 0.6 is 0 Å². The van der Waals surface area contributed by atoms with Crippen LogP contribution in [0.3, 0.4) is 0 Å². The molecular formula is C20H30N2O3. The molecule has 0 spiro atoms. The zero-order valence-electron chi connectivity index (χ0n) is 15.4. The third-order valence-corrected chi connectivity index (χ3v) is 5.43. The first-order valence-electron chi connectivity index (χ1n) is 9.25. The van der Waals surface area contributed by atoms with Crippen LogP contribution in [0.1, 0.15) is 24.8 Å². The number of piperidine rings is 1. The second-order valence-electron chi connectivity index (χ2n) is 7.59. The van der Waals surface area contributed by atoms with Gasteiger partial charge in [-0.1, -0.05) is 30.3 Å². The molecule has 1 amide bonds. The highest BCUT2D eigenvalue weighted by Crippen LogP contribution is 2.40. The van der Waals surface area contributed by atoms with Crippen LogP contribution in [0.25, 0.3) is 0 Å². The molecule has 2 aliphatic heterocycles. The number of hydrogen-bond donors (Lipinski definition) is 0. The summed E-state index contributed by atoms with van der Waals surface area (Å²) in [6, 6.07) is 10.6. The van der Waals surface area contributed by atoms with Gasteiger partial charge in [-0.3, -0.25) is 9.69 Å². The quantitative estimate of drug-likeness (QED) is 0.792. The summed E-state index contributed by atoms with van der Waals surface area (Å²) in [4.78, 5) is 15.9. The molecule has 0 bridgehead atoms. The predicted molar refractivity (Wildman–Crippen MR) is 97.3 cm³/mol. The lowest BCUT2D eigenvalue weighted by Gasteiger charge is -2.50. The lowest BCUT2D eigenvalue weighted by atomic mass is 9.73. The van der Waals surface area contributed by atoms with Crippen molar-refractivity contribution < 1.29 is 14.3 Å². The van der Waals surface area contributed by atoms with Crippen LogP contribution in [-0.4, -0.2) is 68.8 Å². The van der Waals surface area contributed by atoms with Crippen LogP contribution in [0.15, 0.2) is 30.3 Å². The Bertz CT molecular complexity index is 563. The van der Waals surface area contributed by atoms with E-state index in [4.69, 9.17) is 9.47 Å². The van der Waals surface area contributed by atoms with Crippen molar-refractivity contribution in [3.05, 3.63) is 35.9 Å². The van der Waals surface area contributed by atoms with Crippen LogP contribution < -0.4 is 0 Å². The minimum absolute atomic E-state index is 0.0118. The maximum absolute atomic E-state index is 11.8. The molecule has 0 radical (unpaired) electrons. The van der Waals surface area contributed by atoms with E-state index in [1.165, 1.54) is 5.56 Å². The number of amides is 1. The predicted octanol–water partition coefficient (Wildman–Crippen LogP) is 2.16. The Morgan fingerprint density at radius 2 is 2.16 bits per heavy atom. The molecule has 25 heavy (non-hydrogen) atoms. The smallest absolute Gasteiger partial charge is 0.248 e. The van der Waals surface area contributed by atoms with Gasteiger partial charge in [-0.15, -0.1) is 0 Å². The number of ether oxygens (including phenoxy) is 2. The molecule has 2 aliphatic rings. The van der Waals surface area contributed by atoms with Crippen molar-refractivity contribution in [3.8, 4) is 0 Å². The molecular weight excluding hydrogens is 316 g/mol. The van der Waals surface area contributed by atoms with Crippen LogP contribution in [0.2, 0.25) is 0 Å². The molecule has 0 N–H and O–H groups in total. The molecule has 0 saturated carbocycles. The van der Waals surface area contributed by atoms with E-state index in [0.29, 0.717) is 6.61 Å². The van der Waals surface area contributed by atoms with E-state index in [2.05, 4.69) is 35.2 Å². The molecule has 5 heteroatoms. The van der Waals surface area contributed by atoms with Crippen LogP contribution in [0, 0.1) is 5.41 Å². The minimum atomic E-state index is 0.0118. The second-order valence-corrected chi connectivity index (χ2v) is 7.59. The fourth-order valence-corrected chi connectivity index (χ4v) is 4.04. The summed E-state index contributed by atoms with van der Waals surface area (Å²) in [7, 11) is 3.53. The Morgan fingerprint density at radius 3 is 2.92 bits per heavy atom. The average molecular weight is 346 g/mol. The highest BCUT2D eigenvalue weighted by atomic mass is 16.5. The molecule has 3 rings (SSSR count). The van der Waals surface area contributed by atoms with Crippen LogP contribution in [0.5, 0.6) is 0 Å². The topological polar surface area (TPSA) is 42.0 Å². The Balaban J connectivity index is 1.63. The molecule has 2 saturated heterocycles. The molecule has 5 nitrogen and oxygen atoms in total. The van der Waals surface area contributed by atoms with Gasteiger partial charge in [-0.05, 0) is 24.8 Å². The Morgan fingerprint density at radius 1 is 1.36 bits per heavy atom. The number of benzene rings is 1. The number of carbonyl (C=O) groups excluding carboxylic acids is 1. The van der Waals surface area contributed by atoms with Gasteiger partial charge in [0.1, 0.15) is 6.61 Å². The fraction of sp³-hybridized carbons (Fsp3) is 0.650. The maximum atomic E-state index is 11.8. The molecule has 2 atom stereocenters. The van der Waals surface area contributed by atoms with Crippen molar-refractivity contribution in [2.24, 2.45) is 5.41 Å². The minimum Gasteiger partial charge on any atom is -0.377 e. The average Bonchev–Trinajstić information content (AvgIpc) is 2.62. The van der Waals surface area contributed by atoms with Crippen LogP contribution in [-0.2, 0) is 20.8 Å². The Labute approximate surface area is 150 Å². The first kappa shape index (κ1) is 18.4. The van der Waals surface area contributed by atoms with E-state index in [9.17, 15) is 4.79 Å². The molecule has 2 fully saturated rings. The normalized spacial score (nSPS) is 26.9. The van der Waals surface area contributed by atoms with Gasteiger partial charge >= 0.3 is 0 Å². The van der Waals surface area contributed by atoms with Gasteiger partial charge in [-0.2, -0.15) is 0 Å². The van der Waals surface area contributed by atoms with Gasteiger partial charge in [0.25, 0.3) is 0 Å². The van der Waals surface area contributed by atoms with Gasteiger partial charge in [0.15, 0.2) is 0 Å². The second kappa shape index (κ2) is 8.30. The van der Waals surface area contributed by atoms with Crippen molar-refractivity contribution in [1.82, 2.24) is 9.80 Å². The Hall–Kier alpha value is -1.43. The molecule has 138 valence electrons. The van der Waals surface area contributed by atoms with Crippen molar-refractivity contribution >= 4 is 5.91 Å². The number of rotatable bonds is 6. The van der Waals surface area contributed by atoms with Crippen molar-refractivity contribution in [2.75, 3.05) is 47.0 Å². The van der Waals surface area contributed by atoms with Gasteiger partial charge in [0.05, 0.1) is 12.7 Å². The van der Waals surface area contributed by atoms with E-state index >= 15 is 0 Å². The monoisotopic (exact) mass is 346 g/mol. The van der Waals surface area contributed by atoms with E-state index in [1.54, 1.807) is 19.0 Å². The van der Waals surface area contributed by atoms with Crippen molar-refractivity contribution in [2.45, 2.75) is 31.9 Å². The van der Waals surface area contributed by atoms with E-state index in [-0.39, 0.29) is 24.0 Å². The highest BCUT2D eigenvalue weighted by molar-refractivity contribution is 5.76. The van der Waals surface area contributed by atoms with E-state index < -0.39 is 0 Å². The lowest BCUT2D eigenvalue weighted by Crippen LogP contribution is -2.56.